The maximum absolute atomic E-state index is 12.4. The average Bonchev–Trinajstić information content (AvgIpc) is 3.24. The molecular formula is C21H28N8O4. The second-order valence-electron chi connectivity index (χ2n) is 7.74. The normalized spacial score (nSPS) is 17.5. The summed E-state index contributed by atoms with van der Waals surface area (Å²) in [6.07, 6.45) is 2.61. The SMILES string of the molecule is CCNC(=O)Nc1cnc(-c2nc3c(c(N4CCOCC4C)n2)CN(C(=O)OCC)C3)cn1. The lowest BCUT2D eigenvalue weighted by Gasteiger charge is -2.35. The molecule has 0 aliphatic carbocycles. The summed E-state index contributed by atoms with van der Waals surface area (Å²) in [6, 6.07) is -0.229. The third-order valence-electron chi connectivity index (χ3n) is 5.39. The van der Waals surface area contributed by atoms with Gasteiger partial charge in [-0.15, -0.1) is 0 Å². The fourth-order valence-electron chi connectivity index (χ4n) is 3.80. The lowest BCUT2D eigenvalue weighted by Crippen LogP contribution is -2.44. The fraction of sp³-hybridized carbons (Fsp3) is 0.524. The summed E-state index contributed by atoms with van der Waals surface area (Å²) >= 11 is 0. The monoisotopic (exact) mass is 456 g/mol. The molecule has 1 unspecified atom stereocenters. The van der Waals surface area contributed by atoms with Crippen LogP contribution >= 0.6 is 0 Å². The molecule has 12 heteroatoms. The summed E-state index contributed by atoms with van der Waals surface area (Å²) in [5, 5.41) is 5.26. The van der Waals surface area contributed by atoms with Crippen molar-refractivity contribution in [3.8, 4) is 11.5 Å². The minimum atomic E-state index is -0.376. The van der Waals surface area contributed by atoms with E-state index in [4.69, 9.17) is 19.4 Å². The number of hydrogen-bond donors (Lipinski definition) is 2. The zero-order chi connectivity index (χ0) is 23.4. The number of morpholine rings is 1. The van der Waals surface area contributed by atoms with Crippen molar-refractivity contribution >= 4 is 23.8 Å². The predicted octanol–water partition coefficient (Wildman–Crippen LogP) is 1.77. The van der Waals surface area contributed by atoms with Crippen LogP contribution < -0.4 is 15.5 Å². The number of amides is 3. The molecule has 2 N–H and O–H groups in total. The zero-order valence-corrected chi connectivity index (χ0v) is 19.0. The summed E-state index contributed by atoms with van der Waals surface area (Å²) < 4.78 is 10.8. The summed E-state index contributed by atoms with van der Waals surface area (Å²) in [6.45, 7) is 9.09. The van der Waals surface area contributed by atoms with Gasteiger partial charge in [-0.2, -0.15) is 0 Å². The van der Waals surface area contributed by atoms with E-state index in [0.717, 1.165) is 17.1 Å². The number of ether oxygens (including phenoxy) is 2. The molecule has 2 aromatic rings. The van der Waals surface area contributed by atoms with Gasteiger partial charge in [0.05, 0.1) is 57.0 Å². The van der Waals surface area contributed by atoms with Crippen molar-refractivity contribution < 1.29 is 19.1 Å². The number of carbonyl (C=O) groups is 2. The Bertz CT molecular complexity index is 1020. The minimum Gasteiger partial charge on any atom is -0.450 e. The molecule has 3 amide bonds. The van der Waals surface area contributed by atoms with Crippen LogP contribution in [0.1, 0.15) is 32.0 Å². The Morgan fingerprint density at radius 1 is 1.21 bits per heavy atom. The van der Waals surface area contributed by atoms with Crippen LogP contribution in [0, 0.1) is 0 Å². The molecule has 176 valence electrons. The van der Waals surface area contributed by atoms with Gasteiger partial charge in [-0.25, -0.2) is 29.5 Å². The first-order valence-electron chi connectivity index (χ1n) is 11.0. The van der Waals surface area contributed by atoms with Crippen molar-refractivity contribution in [2.75, 3.05) is 43.1 Å². The van der Waals surface area contributed by atoms with Crippen LogP contribution in [-0.4, -0.2) is 75.9 Å². The van der Waals surface area contributed by atoms with Crippen LogP contribution in [0.25, 0.3) is 11.5 Å². The van der Waals surface area contributed by atoms with Gasteiger partial charge in [-0.3, -0.25) is 10.2 Å². The molecule has 33 heavy (non-hydrogen) atoms. The summed E-state index contributed by atoms with van der Waals surface area (Å²) in [4.78, 5) is 46.0. The van der Waals surface area contributed by atoms with Crippen LogP contribution in [0.3, 0.4) is 0 Å². The molecular weight excluding hydrogens is 428 g/mol. The standard InChI is InChI=1S/C21H28N8O4/c1-4-22-20(30)26-17-9-23-15(8-24-17)18-25-16-11-28(21(31)33-5-2)10-14(16)19(27-18)29-6-7-32-12-13(29)3/h8-9,13H,4-7,10-12H2,1-3H3,(H2,22,24,26,30). The van der Waals surface area contributed by atoms with Gasteiger partial charge in [-0.1, -0.05) is 0 Å². The first-order chi connectivity index (χ1) is 16.0. The Hall–Kier alpha value is -3.54. The van der Waals surface area contributed by atoms with Gasteiger partial charge in [0.2, 0.25) is 0 Å². The Labute approximate surface area is 191 Å². The Morgan fingerprint density at radius 3 is 2.76 bits per heavy atom. The molecule has 0 saturated carbocycles. The van der Waals surface area contributed by atoms with E-state index in [1.165, 1.54) is 12.4 Å². The summed E-state index contributed by atoms with van der Waals surface area (Å²) in [5.74, 6) is 1.50. The highest BCUT2D eigenvalue weighted by Gasteiger charge is 2.33. The van der Waals surface area contributed by atoms with Gasteiger partial charge in [0.1, 0.15) is 11.5 Å². The van der Waals surface area contributed by atoms with Crippen molar-refractivity contribution in [1.29, 1.82) is 0 Å². The van der Waals surface area contributed by atoms with Gasteiger partial charge >= 0.3 is 12.1 Å². The summed E-state index contributed by atoms with van der Waals surface area (Å²) in [7, 11) is 0. The molecule has 2 aliphatic heterocycles. The molecule has 0 bridgehead atoms. The van der Waals surface area contributed by atoms with Crippen molar-refractivity contribution in [2.24, 2.45) is 0 Å². The molecule has 4 rings (SSSR count). The van der Waals surface area contributed by atoms with E-state index in [9.17, 15) is 9.59 Å². The highest BCUT2D eigenvalue weighted by molar-refractivity contribution is 5.88. The fourth-order valence-corrected chi connectivity index (χ4v) is 3.80. The van der Waals surface area contributed by atoms with E-state index in [-0.39, 0.29) is 18.2 Å². The van der Waals surface area contributed by atoms with Gasteiger partial charge in [-0.05, 0) is 20.8 Å². The Morgan fingerprint density at radius 2 is 2.06 bits per heavy atom. The molecule has 12 nitrogen and oxygen atoms in total. The number of nitrogens with zero attached hydrogens (tertiary/aromatic N) is 6. The number of hydrogen-bond acceptors (Lipinski definition) is 9. The van der Waals surface area contributed by atoms with Gasteiger partial charge in [0, 0.05) is 18.7 Å². The summed E-state index contributed by atoms with van der Waals surface area (Å²) in [5.41, 5.74) is 2.13. The second kappa shape index (κ2) is 9.94. The van der Waals surface area contributed by atoms with E-state index in [1.54, 1.807) is 11.8 Å². The minimum absolute atomic E-state index is 0.122. The highest BCUT2D eigenvalue weighted by Crippen LogP contribution is 2.33. The molecule has 2 aromatic heterocycles. The molecule has 4 heterocycles. The van der Waals surface area contributed by atoms with Crippen molar-refractivity contribution in [3.63, 3.8) is 0 Å². The van der Waals surface area contributed by atoms with Gasteiger partial charge < -0.3 is 19.7 Å². The lowest BCUT2D eigenvalue weighted by atomic mass is 10.2. The number of aromatic nitrogens is 4. The van der Waals surface area contributed by atoms with Crippen LogP contribution in [-0.2, 0) is 22.6 Å². The molecule has 0 radical (unpaired) electrons. The first kappa shape index (κ1) is 22.6. The lowest BCUT2D eigenvalue weighted by molar-refractivity contribution is 0.0980. The molecule has 1 saturated heterocycles. The predicted molar refractivity (Wildman–Crippen MR) is 120 cm³/mol. The van der Waals surface area contributed by atoms with E-state index in [1.807, 2.05) is 6.92 Å². The highest BCUT2D eigenvalue weighted by atomic mass is 16.6. The van der Waals surface area contributed by atoms with Gasteiger partial charge in [0.15, 0.2) is 11.6 Å². The smallest absolute Gasteiger partial charge is 0.410 e. The molecule has 0 aromatic carbocycles. The second-order valence-corrected chi connectivity index (χ2v) is 7.74. The maximum Gasteiger partial charge on any atom is 0.410 e. The van der Waals surface area contributed by atoms with Crippen LogP contribution in [0.5, 0.6) is 0 Å². The third-order valence-corrected chi connectivity index (χ3v) is 5.39. The maximum atomic E-state index is 12.4. The van der Waals surface area contributed by atoms with Crippen molar-refractivity contribution in [3.05, 3.63) is 23.7 Å². The van der Waals surface area contributed by atoms with Gasteiger partial charge in [0.25, 0.3) is 0 Å². The quantitative estimate of drug-likeness (QED) is 0.690. The van der Waals surface area contributed by atoms with Crippen LogP contribution in [0.15, 0.2) is 12.4 Å². The molecule has 2 aliphatic rings. The average molecular weight is 457 g/mol. The number of urea groups is 1. The number of nitrogens with one attached hydrogen (secondary N) is 2. The van der Waals surface area contributed by atoms with Crippen LogP contribution in [0.4, 0.5) is 21.2 Å². The first-order valence-corrected chi connectivity index (χ1v) is 11.0. The molecule has 1 atom stereocenters. The molecule has 0 spiro atoms. The van der Waals surface area contributed by atoms with Crippen molar-refractivity contribution in [1.82, 2.24) is 30.2 Å². The Balaban J connectivity index is 1.66. The topological polar surface area (TPSA) is 135 Å². The zero-order valence-electron chi connectivity index (χ0n) is 19.0. The van der Waals surface area contributed by atoms with E-state index in [2.05, 4.69) is 32.4 Å². The number of rotatable bonds is 5. The van der Waals surface area contributed by atoms with Crippen LogP contribution in [0.2, 0.25) is 0 Å². The van der Waals surface area contributed by atoms with E-state index < -0.39 is 0 Å². The number of anilines is 2. The van der Waals surface area contributed by atoms with Crippen molar-refractivity contribution in [2.45, 2.75) is 39.9 Å². The Kier molecular flexibility index (Phi) is 6.82. The largest absolute Gasteiger partial charge is 0.450 e. The van der Waals surface area contributed by atoms with E-state index in [0.29, 0.717) is 63.3 Å². The van der Waals surface area contributed by atoms with E-state index >= 15 is 0 Å². The number of fused-ring (bicyclic) bond motifs is 1. The number of carbonyl (C=O) groups excluding carboxylic acids is 2. The molecule has 1 fully saturated rings. The third kappa shape index (κ3) is 4.95.